The number of aryl methyl sites for hydroxylation is 1. The van der Waals surface area contributed by atoms with E-state index in [9.17, 15) is 5.11 Å². The molecule has 0 spiro atoms. The second-order valence-electron chi connectivity index (χ2n) is 5.40. The molecule has 1 unspecified atom stereocenters. The summed E-state index contributed by atoms with van der Waals surface area (Å²) >= 11 is 0. The van der Waals surface area contributed by atoms with E-state index >= 15 is 0 Å². The van der Waals surface area contributed by atoms with Crippen molar-refractivity contribution in [3.8, 4) is 0 Å². The molecule has 3 heteroatoms. The van der Waals surface area contributed by atoms with Gasteiger partial charge in [-0.15, -0.1) is 0 Å². The van der Waals surface area contributed by atoms with Crippen molar-refractivity contribution in [2.24, 2.45) is 5.73 Å². The molecule has 1 aromatic carbocycles. The van der Waals surface area contributed by atoms with Crippen LogP contribution in [0, 0.1) is 0 Å². The Morgan fingerprint density at radius 2 is 2.06 bits per heavy atom. The molecule has 0 saturated carbocycles. The molecule has 94 valence electrons. The van der Waals surface area contributed by atoms with Crippen molar-refractivity contribution in [2.75, 3.05) is 19.7 Å². The van der Waals surface area contributed by atoms with Crippen LogP contribution in [0.1, 0.15) is 24.5 Å². The Kier molecular flexibility index (Phi) is 3.82. The second kappa shape index (κ2) is 5.17. The van der Waals surface area contributed by atoms with E-state index in [0.717, 1.165) is 26.1 Å². The Morgan fingerprint density at radius 1 is 1.35 bits per heavy atom. The van der Waals surface area contributed by atoms with Crippen LogP contribution in [0.5, 0.6) is 0 Å². The fourth-order valence-electron chi connectivity index (χ4n) is 2.46. The molecular weight excluding hydrogens is 212 g/mol. The van der Waals surface area contributed by atoms with Crippen molar-refractivity contribution in [3.63, 3.8) is 0 Å². The average molecular weight is 234 g/mol. The summed E-state index contributed by atoms with van der Waals surface area (Å²) in [5, 5.41) is 9.24. The summed E-state index contributed by atoms with van der Waals surface area (Å²) in [7, 11) is 0. The molecular formula is C14H22N2O. The van der Waals surface area contributed by atoms with Gasteiger partial charge in [-0.3, -0.25) is 4.90 Å². The van der Waals surface area contributed by atoms with Crippen LogP contribution in [0.2, 0.25) is 0 Å². The van der Waals surface area contributed by atoms with Crippen LogP contribution in [-0.2, 0) is 13.0 Å². The number of aliphatic hydroxyl groups is 1. The summed E-state index contributed by atoms with van der Waals surface area (Å²) in [6.07, 6.45) is 2.31. The van der Waals surface area contributed by atoms with Gasteiger partial charge in [0.1, 0.15) is 0 Å². The van der Waals surface area contributed by atoms with Gasteiger partial charge < -0.3 is 10.8 Å². The number of hydrogen-bond acceptors (Lipinski definition) is 3. The molecule has 17 heavy (non-hydrogen) atoms. The Labute approximate surface area is 103 Å². The predicted molar refractivity (Wildman–Crippen MR) is 69.7 cm³/mol. The lowest BCUT2D eigenvalue weighted by Gasteiger charge is -2.30. The minimum absolute atomic E-state index is 0.0329. The van der Waals surface area contributed by atoms with Crippen molar-refractivity contribution in [2.45, 2.75) is 31.8 Å². The van der Waals surface area contributed by atoms with Gasteiger partial charge in [0.15, 0.2) is 0 Å². The Morgan fingerprint density at radius 3 is 2.76 bits per heavy atom. The monoisotopic (exact) mass is 234 g/mol. The molecule has 0 fully saturated rings. The Hall–Kier alpha value is -0.900. The number of nitrogens with zero attached hydrogens (tertiary/aromatic N) is 1. The SMILES string of the molecule is CC(N)(CO)CN1CCCc2ccccc2C1. The van der Waals surface area contributed by atoms with Crippen LogP contribution in [0.15, 0.2) is 24.3 Å². The molecule has 0 bridgehead atoms. The number of fused-ring (bicyclic) bond motifs is 1. The number of nitrogens with two attached hydrogens (primary N) is 1. The van der Waals surface area contributed by atoms with Crippen LogP contribution >= 0.6 is 0 Å². The van der Waals surface area contributed by atoms with Gasteiger partial charge in [-0.1, -0.05) is 24.3 Å². The largest absolute Gasteiger partial charge is 0.394 e. The molecule has 0 radical (unpaired) electrons. The third kappa shape index (κ3) is 3.28. The highest BCUT2D eigenvalue weighted by molar-refractivity contribution is 5.28. The maximum absolute atomic E-state index is 9.24. The second-order valence-corrected chi connectivity index (χ2v) is 5.40. The first kappa shape index (κ1) is 12.6. The molecule has 0 amide bonds. The third-order valence-corrected chi connectivity index (χ3v) is 3.38. The minimum atomic E-state index is -0.501. The van der Waals surface area contributed by atoms with Gasteiger partial charge in [-0.2, -0.15) is 0 Å². The third-order valence-electron chi connectivity index (χ3n) is 3.38. The number of hydrogen-bond donors (Lipinski definition) is 2. The van der Waals surface area contributed by atoms with Gasteiger partial charge in [0.25, 0.3) is 0 Å². The smallest absolute Gasteiger partial charge is 0.0621 e. The van der Waals surface area contributed by atoms with E-state index in [1.807, 2.05) is 6.92 Å². The summed E-state index contributed by atoms with van der Waals surface area (Å²) in [6.45, 7) is 4.69. The minimum Gasteiger partial charge on any atom is -0.394 e. The van der Waals surface area contributed by atoms with Crippen LogP contribution in [0.25, 0.3) is 0 Å². The molecule has 1 aliphatic heterocycles. The van der Waals surface area contributed by atoms with E-state index in [-0.39, 0.29) is 6.61 Å². The van der Waals surface area contributed by atoms with Crippen molar-refractivity contribution in [3.05, 3.63) is 35.4 Å². The van der Waals surface area contributed by atoms with Crippen LogP contribution in [0.3, 0.4) is 0 Å². The van der Waals surface area contributed by atoms with Gasteiger partial charge in [0.2, 0.25) is 0 Å². The van der Waals surface area contributed by atoms with Crippen LogP contribution < -0.4 is 5.73 Å². The molecule has 1 heterocycles. The zero-order valence-electron chi connectivity index (χ0n) is 10.5. The molecule has 3 nitrogen and oxygen atoms in total. The summed E-state index contributed by atoms with van der Waals surface area (Å²) in [5.41, 5.74) is 8.38. The van der Waals surface area contributed by atoms with Gasteiger partial charge in [-0.05, 0) is 37.4 Å². The Bertz CT molecular complexity index is 376. The van der Waals surface area contributed by atoms with E-state index < -0.39 is 5.54 Å². The lowest BCUT2D eigenvalue weighted by atomic mass is 10.0. The topological polar surface area (TPSA) is 49.5 Å². The summed E-state index contributed by atoms with van der Waals surface area (Å²) < 4.78 is 0. The highest BCUT2D eigenvalue weighted by atomic mass is 16.3. The summed E-state index contributed by atoms with van der Waals surface area (Å²) in [4.78, 5) is 2.35. The number of rotatable bonds is 3. The molecule has 2 rings (SSSR count). The summed E-state index contributed by atoms with van der Waals surface area (Å²) in [5.74, 6) is 0. The maximum atomic E-state index is 9.24. The van der Waals surface area contributed by atoms with Crippen molar-refractivity contribution in [1.82, 2.24) is 4.90 Å². The fraction of sp³-hybridized carbons (Fsp3) is 0.571. The van der Waals surface area contributed by atoms with E-state index in [2.05, 4.69) is 29.2 Å². The Balaban J connectivity index is 2.08. The lowest BCUT2D eigenvalue weighted by Crippen LogP contribution is -2.50. The average Bonchev–Trinajstić information content (AvgIpc) is 2.50. The zero-order chi connectivity index (χ0) is 12.3. The first-order chi connectivity index (χ1) is 8.11. The molecule has 1 aliphatic rings. The summed E-state index contributed by atoms with van der Waals surface area (Å²) in [6, 6.07) is 8.61. The molecule has 0 saturated heterocycles. The molecule has 1 aromatic rings. The van der Waals surface area contributed by atoms with Crippen LogP contribution in [-0.4, -0.2) is 35.2 Å². The normalized spacial score (nSPS) is 20.4. The van der Waals surface area contributed by atoms with Crippen molar-refractivity contribution >= 4 is 0 Å². The predicted octanol–water partition coefficient (Wildman–Crippen LogP) is 1.14. The van der Waals surface area contributed by atoms with Gasteiger partial charge >= 0.3 is 0 Å². The highest BCUT2D eigenvalue weighted by Gasteiger charge is 2.23. The molecule has 3 N–H and O–H groups in total. The first-order valence-corrected chi connectivity index (χ1v) is 6.30. The van der Waals surface area contributed by atoms with Crippen molar-refractivity contribution in [1.29, 1.82) is 0 Å². The quantitative estimate of drug-likeness (QED) is 0.824. The highest BCUT2D eigenvalue weighted by Crippen LogP contribution is 2.19. The standard InChI is InChI=1S/C14H22N2O/c1-14(15,11-17)10-16-8-4-7-12-5-2-3-6-13(12)9-16/h2-3,5-6,17H,4,7-11,15H2,1H3. The van der Waals surface area contributed by atoms with E-state index in [0.29, 0.717) is 0 Å². The lowest BCUT2D eigenvalue weighted by molar-refractivity contribution is 0.144. The van der Waals surface area contributed by atoms with E-state index in [1.54, 1.807) is 0 Å². The zero-order valence-corrected chi connectivity index (χ0v) is 10.5. The number of benzene rings is 1. The molecule has 0 aromatic heterocycles. The maximum Gasteiger partial charge on any atom is 0.0621 e. The van der Waals surface area contributed by atoms with Crippen molar-refractivity contribution < 1.29 is 5.11 Å². The van der Waals surface area contributed by atoms with Gasteiger partial charge in [0, 0.05) is 18.6 Å². The van der Waals surface area contributed by atoms with Crippen LogP contribution in [0.4, 0.5) is 0 Å². The van der Waals surface area contributed by atoms with E-state index in [4.69, 9.17) is 5.73 Å². The van der Waals surface area contributed by atoms with Gasteiger partial charge in [-0.25, -0.2) is 0 Å². The van der Waals surface area contributed by atoms with Gasteiger partial charge in [0.05, 0.1) is 6.61 Å². The number of aliphatic hydroxyl groups excluding tert-OH is 1. The molecule has 0 aliphatic carbocycles. The fourth-order valence-corrected chi connectivity index (χ4v) is 2.46. The van der Waals surface area contributed by atoms with E-state index in [1.165, 1.54) is 17.5 Å². The molecule has 1 atom stereocenters. The first-order valence-electron chi connectivity index (χ1n) is 6.30.